The van der Waals surface area contributed by atoms with Gasteiger partial charge in [0.1, 0.15) is 17.8 Å². The van der Waals surface area contributed by atoms with Crippen LogP contribution in [0.4, 0.5) is 0 Å². The van der Waals surface area contributed by atoms with E-state index in [0.717, 1.165) is 0 Å². The number of epoxide rings is 1. The van der Waals surface area contributed by atoms with E-state index in [1.165, 1.54) is 52.7 Å². The van der Waals surface area contributed by atoms with Crippen LogP contribution in [0.5, 0.6) is 28.7 Å². The SMILES string of the molecule is COC(=O)c1c(C2OC2c2c(CCNS(=O)(=O)c3ccc(C#N)cc3)cc3c(c2OC)OCO3)ccc(OC)c1OC. The van der Waals surface area contributed by atoms with Crippen molar-refractivity contribution in [1.29, 1.82) is 5.26 Å². The quantitative estimate of drug-likeness (QED) is 0.256. The molecule has 0 aliphatic carbocycles. The van der Waals surface area contributed by atoms with Crippen LogP contribution >= 0.6 is 0 Å². The van der Waals surface area contributed by atoms with Crippen LogP contribution in [0.3, 0.4) is 0 Å². The first-order valence-electron chi connectivity index (χ1n) is 12.8. The standard InChI is InChI=1S/C29H28N2O10S/c1-35-20-10-9-19(23(25(20)36-2)29(32)38-4)24-28(41-24)22-17(13-21-26(27(22)37-3)40-15-39-21)11-12-31-42(33,34)18-7-5-16(14-30)6-8-18/h5-10,13,24,28,31H,11-12,15H2,1-4H3. The summed E-state index contributed by atoms with van der Waals surface area (Å²) in [6.45, 7) is 0.0380. The monoisotopic (exact) mass is 596 g/mol. The molecule has 1 fully saturated rings. The highest BCUT2D eigenvalue weighted by atomic mass is 32.2. The molecule has 42 heavy (non-hydrogen) atoms. The zero-order valence-corrected chi connectivity index (χ0v) is 24.1. The minimum Gasteiger partial charge on any atom is -0.493 e. The second kappa shape index (κ2) is 11.8. The average molecular weight is 597 g/mol. The van der Waals surface area contributed by atoms with Gasteiger partial charge in [-0.1, -0.05) is 6.07 Å². The second-order valence-corrected chi connectivity index (χ2v) is 11.0. The van der Waals surface area contributed by atoms with Crippen LogP contribution in [0.25, 0.3) is 0 Å². The Morgan fingerprint density at radius 2 is 1.74 bits per heavy atom. The molecule has 3 aromatic carbocycles. The Balaban J connectivity index is 1.47. The number of sulfonamides is 1. The molecule has 1 N–H and O–H groups in total. The molecule has 0 amide bonds. The molecule has 13 heteroatoms. The van der Waals surface area contributed by atoms with Gasteiger partial charge in [-0.15, -0.1) is 0 Å². The highest BCUT2D eigenvalue weighted by Crippen LogP contribution is 2.59. The summed E-state index contributed by atoms with van der Waals surface area (Å²) in [6.07, 6.45) is -0.899. The molecule has 0 saturated carbocycles. The molecule has 0 bridgehead atoms. The van der Waals surface area contributed by atoms with Crippen molar-refractivity contribution in [3.63, 3.8) is 0 Å². The molecule has 1 saturated heterocycles. The maximum Gasteiger partial charge on any atom is 0.342 e. The second-order valence-electron chi connectivity index (χ2n) is 9.23. The third kappa shape index (κ3) is 5.27. The summed E-state index contributed by atoms with van der Waals surface area (Å²) in [5, 5.41) is 8.99. The van der Waals surface area contributed by atoms with Crippen molar-refractivity contribution >= 4 is 16.0 Å². The first-order chi connectivity index (χ1) is 20.3. The van der Waals surface area contributed by atoms with E-state index >= 15 is 0 Å². The van der Waals surface area contributed by atoms with Gasteiger partial charge in [-0.25, -0.2) is 17.9 Å². The maximum absolute atomic E-state index is 12.9. The largest absolute Gasteiger partial charge is 0.493 e. The molecule has 0 radical (unpaired) electrons. The number of carbonyl (C=O) groups is 1. The minimum atomic E-state index is -3.84. The van der Waals surface area contributed by atoms with Crippen LogP contribution in [0.15, 0.2) is 47.4 Å². The molecule has 0 spiro atoms. The predicted octanol–water partition coefficient (Wildman–Crippen LogP) is 3.43. The number of fused-ring (bicyclic) bond motifs is 1. The Hall–Kier alpha value is -4.51. The van der Waals surface area contributed by atoms with Crippen LogP contribution in [0.2, 0.25) is 0 Å². The Bertz CT molecular complexity index is 1670. The summed E-state index contributed by atoms with van der Waals surface area (Å²) in [6, 6.07) is 12.8. The molecule has 0 aromatic heterocycles. The number of nitrogens with zero attached hydrogens (tertiary/aromatic N) is 1. The number of rotatable bonds is 11. The van der Waals surface area contributed by atoms with Crippen molar-refractivity contribution in [3.8, 4) is 34.8 Å². The lowest BCUT2D eigenvalue weighted by molar-refractivity contribution is 0.0594. The summed E-state index contributed by atoms with van der Waals surface area (Å²) in [5.74, 6) is 1.21. The van der Waals surface area contributed by atoms with E-state index < -0.39 is 28.2 Å². The number of ether oxygens (including phenoxy) is 7. The van der Waals surface area contributed by atoms with Crippen molar-refractivity contribution in [2.45, 2.75) is 23.5 Å². The number of benzene rings is 3. The fourth-order valence-electron chi connectivity index (χ4n) is 4.97. The minimum absolute atomic E-state index is 0.00295. The molecule has 2 aliphatic heterocycles. The van der Waals surface area contributed by atoms with E-state index in [9.17, 15) is 13.2 Å². The molecular formula is C29H28N2O10S. The van der Waals surface area contributed by atoms with Crippen molar-refractivity contribution in [2.75, 3.05) is 41.8 Å². The fraction of sp³-hybridized carbons (Fsp3) is 0.310. The molecule has 2 aliphatic rings. The zero-order chi connectivity index (χ0) is 30.0. The van der Waals surface area contributed by atoms with Crippen LogP contribution in [0.1, 0.15) is 44.8 Å². The topological polar surface area (TPSA) is 155 Å². The molecule has 2 heterocycles. The van der Waals surface area contributed by atoms with Crippen molar-refractivity contribution in [1.82, 2.24) is 4.72 Å². The lowest BCUT2D eigenvalue weighted by Crippen LogP contribution is -2.26. The molecule has 2 atom stereocenters. The van der Waals surface area contributed by atoms with Crippen LogP contribution in [0, 0.1) is 11.3 Å². The lowest BCUT2D eigenvalue weighted by atomic mass is 9.93. The number of nitriles is 1. The zero-order valence-electron chi connectivity index (χ0n) is 23.3. The van der Waals surface area contributed by atoms with Gasteiger partial charge in [0.2, 0.25) is 22.6 Å². The lowest BCUT2D eigenvalue weighted by Gasteiger charge is -2.17. The van der Waals surface area contributed by atoms with Gasteiger partial charge in [-0.2, -0.15) is 5.26 Å². The summed E-state index contributed by atoms with van der Waals surface area (Å²) in [4.78, 5) is 12.9. The molecule has 220 valence electrons. The third-order valence-electron chi connectivity index (χ3n) is 6.98. The summed E-state index contributed by atoms with van der Waals surface area (Å²) in [5.41, 5.74) is 2.39. The Labute approximate surface area is 242 Å². The number of hydrogen-bond acceptors (Lipinski definition) is 11. The number of esters is 1. The molecule has 5 rings (SSSR count). The van der Waals surface area contributed by atoms with Gasteiger partial charge in [0.05, 0.1) is 45.0 Å². The first kappa shape index (κ1) is 29.0. The molecular weight excluding hydrogens is 568 g/mol. The van der Waals surface area contributed by atoms with E-state index in [4.69, 9.17) is 38.4 Å². The van der Waals surface area contributed by atoms with E-state index in [0.29, 0.717) is 45.3 Å². The summed E-state index contributed by atoms with van der Waals surface area (Å²) >= 11 is 0. The van der Waals surface area contributed by atoms with Gasteiger partial charge in [0.15, 0.2) is 23.0 Å². The maximum atomic E-state index is 12.9. The van der Waals surface area contributed by atoms with Gasteiger partial charge >= 0.3 is 5.97 Å². The number of nitrogens with one attached hydrogen (secondary N) is 1. The molecule has 12 nitrogen and oxygen atoms in total. The van der Waals surface area contributed by atoms with Crippen molar-refractivity contribution < 1.29 is 46.4 Å². The van der Waals surface area contributed by atoms with E-state index in [-0.39, 0.29) is 36.0 Å². The van der Waals surface area contributed by atoms with Crippen LogP contribution in [-0.4, -0.2) is 56.2 Å². The number of hydrogen-bond donors (Lipinski definition) is 1. The Morgan fingerprint density at radius 3 is 2.38 bits per heavy atom. The molecule has 3 aromatic rings. The summed E-state index contributed by atoms with van der Waals surface area (Å²) < 4.78 is 67.4. The van der Waals surface area contributed by atoms with E-state index in [1.54, 1.807) is 18.2 Å². The first-order valence-corrected chi connectivity index (χ1v) is 14.2. The smallest absolute Gasteiger partial charge is 0.342 e. The molecule has 2 unspecified atom stereocenters. The van der Waals surface area contributed by atoms with Crippen molar-refractivity contribution in [2.24, 2.45) is 0 Å². The van der Waals surface area contributed by atoms with Gasteiger partial charge < -0.3 is 33.2 Å². The van der Waals surface area contributed by atoms with Crippen LogP contribution < -0.4 is 28.4 Å². The highest BCUT2D eigenvalue weighted by Gasteiger charge is 2.48. The fourth-order valence-corrected chi connectivity index (χ4v) is 6.00. The Morgan fingerprint density at radius 1 is 1.00 bits per heavy atom. The predicted molar refractivity (Wildman–Crippen MR) is 147 cm³/mol. The van der Waals surface area contributed by atoms with E-state index in [2.05, 4.69) is 4.72 Å². The number of carbonyl (C=O) groups excluding carboxylic acids is 1. The van der Waals surface area contributed by atoms with Crippen LogP contribution in [-0.2, 0) is 25.9 Å². The van der Waals surface area contributed by atoms with E-state index in [1.807, 2.05) is 6.07 Å². The Kier molecular flexibility index (Phi) is 8.13. The van der Waals surface area contributed by atoms with Gasteiger partial charge in [0, 0.05) is 17.7 Å². The van der Waals surface area contributed by atoms with Gasteiger partial charge in [-0.3, -0.25) is 0 Å². The number of methoxy groups -OCH3 is 4. The van der Waals surface area contributed by atoms with Gasteiger partial charge in [0.25, 0.3) is 0 Å². The average Bonchev–Trinajstić information content (AvgIpc) is 3.65. The third-order valence-corrected chi connectivity index (χ3v) is 8.45. The normalized spacial score (nSPS) is 16.8. The highest BCUT2D eigenvalue weighted by molar-refractivity contribution is 7.89. The van der Waals surface area contributed by atoms with Crippen molar-refractivity contribution in [3.05, 3.63) is 70.3 Å². The summed E-state index contributed by atoms with van der Waals surface area (Å²) in [7, 11) is 1.82. The van der Waals surface area contributed by atoms with Gasteiger partial charge in [-0.05, 0) is 48.4 Å².